The Hall–Kier alpha value is -2.19. The quantitative estimate of drug-likeness (QED) is 0.662. The molecular weight excluding hydrogens is 386 g/mol. The van der Waals surface area contributed by atoms with Crippen molar-refractivity contribution in [3.63, 3.8) is 0 Å². The lowest BCUT2D eigenvalue weighted by Gasteiger charge is -2.23. The fraction of sp³-hybridized carbons (Fsp3) is 0.353. The zero-order chi connectivity index (χ0) is 17.2. The summed E-state index contributed by atoms with van der Waals surface area (Å²) < 4.78 is 13.7. The van der Waals surface area contributed by atoms with Crippen LogP contribution >= 0.6 is 15.9 Å². The number of hydrogen-bond donors (Lipinski definition) is 1. The number of benzene rings is 1. The number of hydrogen-bond acceptors (Lipinski definition) is 6. The van der Waals surface area contributed by atoms with Crippen LogP contribution in [0, 0.1) is 0 Å². The predicted molar refractivity (Wildman–Crippen MR) is 98.1 cm³/mol. The zero-order valence-corrected chi connectivity index (χ0v) is 15.4. The summed E-state index contributed by atoms with van der Waals surface area (Å²) in [6.45, 7) is 0.767. The van der Waals surface area contributed by atoms with Crippen molar-refractivity contribution in [1.82, 2.24) is 19.5 Å². The molecule has 25 heavy (non-hydrogen) atoms. The van der Waals surface area contributed by atoms with Crippen LogP contribution in [-0.2, 0) is 4.74 Å². The molecule has 1 aromatic carbocycles. The maximum absolute atomic E-state index is 5.87. The summed E-state index contributed by atoms with van der Waals surface area (Å²) in [5.74, 6) is 1.36. The van der Waals surface area contributed by atoms with Gasteiger partial charge < -0.3 is 14.8 Å². The highest BCUT2D eigenvalue weighted by Crippen LogP contribution is 2.32. The number of imidazole rings is 1. The van der Waals surface area contributed by atoms with Gasteiger partial charge >= 0.3 is 0 Å². The molecule has 1 fully saturated rings. The van der Waals surface area contributed by atoms with E-state index in [4.69, 9.17) is 9.47 Å². The second-order valence-corrected chi connectivity index (χ2v) is 6.52. The number of fused-ring (bicyclic) bond motifs is 1. The summed E-state index contributed by atoms with van der Waals surface area (Å²) in [5.41, 5.74) is 2.26. The Kier molecular flexibility index (Phi) is 4.54. The molecule has 0 radical (unpaired) electrons. The summed E-state index contributed by atoms with van der Waals surface area (Å²) in [4.78, 5) is 13.5. The number of nitrogens with one attached hydrogen (secondary N) is 1. The third-order valence-corrected chi connectivity index (χ3v) is 4.57. The van der Waals surface area contributed by atoms with Gasteiger partial charge in [0, 0.05) is 6.61 Å². The van der Waals surface area contributed by atoms with Crippen LogP contribution in [-0.4, -0.2) is 33.2 Å². The first kappa shape index (κ1) is 16.3. The van der Waals surface area contributed by atoms with Crippen molar-refractivity contribution in [1.29, 1.82) is 0 Å². The Bertz CT molecular complexity index is 892. The van der Waals surface area contributed by atoms with E-state index in [9.17, 15) is 0 Å². The van der Waals surface area contributed by atoms with Gasteiger partial charge in [0.2, 0.25) is 4.73 Å². The van der Waals surface area contributed by atoms with Crippen molar-refractivity contribution in [3.8, 4) is 5.75 Å². The van der Waals surface area contributed by atoms with Gasteiger partial charge in [0.15, 0.2) is 17.0 Å². The van der Waals surface area contributed by atoms with Gasteiger partial charge in [0.25, 0.3) is 0 Å². The number of aromatic nitrogens is 4. The molecule has 3 heterocycles. The summed E-state index contributed by atoms with van der Waals surface area (Å²) in [7, 11) is 1.64. The van der Waals surface area contributed by atoms with Gasteiger partial charge in [-0.3, -0.25) is 4.57 Å². The smallest absolute Gasteiger partial charge is 0.200 e. The number of anilines is 2. The SMILES string of the molecule is COc1ccccc1Nc1nc(Br)nc2c1ncn2C1CCCCO1. The van der Waals surface area contributed by atoms with E-state index < -0.39 is 0 Å². The maximum Gasteiger partial charge on any atom is 0.200 e. The molecule has 1 aliphatic rings. The Morgan fingerprint density at radius 2 is 2.16 bits per heavy atom. The molecule has 0 amide bonds. The Morgan fingerprint density at radius 3 is 2.96 bits per heavy atom. The molecular formula is C17H18BrN5O2. The van der Waals surface area contributed by atoms with E-state index in [1.807, 2.05) is 28.8 Å². The van der Waals surface area contributed by atoms with Crippen LogP contribution in [0.25, 0.3) is 11.2 Å². The van der Waals surface area contributed by atoms with Gasteiger partial charge in [-0.25, -0.2) is 15.0 Å². The third-order valence-electron chi connectivity index (χ3n) is 4.22. The third kappa shape index (κ3) is 3.19. The van der Waals surface area contributed by atoms with Crippen LogP contribution in [0.15, 0.2) is 35.3 Å². The predicted octanol–water partition coefficient (Wildman–Crippen LogP) is 4.04. The number of methoxy groups -OCH3 is 1. The van der Waals surface area contributed by atoms with E-state index in [0.29, 0.717) is 16.1 Å². The molecule has 2 aromatic heterocycles. The van der Waals surface area contributed by atoms with Crippen molar-refractivity contribution in [2.45, 2.75) is 25.5 Å². The molecule has 1 N–H and O–H groups in total. The lowest BCUT2D eigenvalue weighted by Crippen LogP contribution is -2.17. The van der Waals surface area contributed by atoms with Gasteiger partial charge in [0.1, 0.15) is 12.0 Å². The molecule has 1 aliphatic heterocycles. The molecule has 130 valence electrons. The topological polar surface area (TPSA) is 74.1 Å². The lowest BCUT2D eigenvalue weighted by molar-refractivity contribution is -0.0298. The van der Waals surface area contributed by atoms with Crippen molar-refractivity contribution in [2.24, 2.45) is 0 Å². The van der Waals surface area contributed by atoms with E-state index in [1.165, 1.54) is 0 Å². The largest absolute Gasteiger partial charge is 0.495 e. The Balaban J connectivity index is 1.75. The molecule has 8 heteroatoms. The molecule has 3 aromatic rings. The van der Waals surface area contributed by atoms with E-state index in [2.05, 4.69) is 36.2 Å². The fourth-order valence-electron chi connectivity index (χ4n) is 3.01. The number of ether oxygens (including phenoxy) is 2. The average molecular weight is 404 g/mol. The highest BCUT2D eigenvalue weighted by molar-refractivity contribution is 9.10. The number of halogens is 1. The van der Waals surface area contributed by atoms with Crippen LogP contribution in [0.1, 0.15) is 25.5 Å². The molecule has 1 atom stereocenters. The molecule has 0 bridgehead atoms. The van der Waals surface area contributed by atoms with Gasteiger partial charge in [-0.1, -0.05) is 12.1 Å². The second kappa shape index (κ2) is 6.97. The van der Waals surface area contributed by atoms with E-state index in [1.54, 1.807) is 13.4 Å². The summed E-state index contributed by atoms with van der Waals surface area (Å²) in [6.07, 6.45) is 4.95. The minimum atomic E-state index is -0.0281. The normalized spacial score (nSPS) is 17.6. The van der Waals surface area contributed by atoms with Crippen LogP contribution in [0.3, 0.4) is 0 Å². The summed E-state index contributed by atoms with van der Waals surface area (Å²) in [5, 5.41) is 3.30. The minimum absolute atomic E-state index is 0.0281. The summed E-state index contributed by atoms with van der Waals surface area (Å²) >= 11 is 3.40. The molecule has 1 saturated heterocycles. The van der Waals surface area contributed by atoms with Crippen molar-refractivity contribution in [3.05, 3.63) is 35.3 Å². The molecule has 0 aliphatic carbocycles. The summed E-state index contributed by atoms with van der Waals surface area (Å²) in [6, 6.07) is 7.68. The van der Waals surface area contributed by atoms with Crippen molar-refractivity contribution < 1.29 is 9.47 Å². The molecule has 1 unspecified atom stereocenters. The van der Waals surface area contributed by atoms with E-state index in [-0.39, 0.29) is 6.23 Å². The molecule has 4 rings (SSSR count). The molecule has 0 saturated carbocycles. The second-order valence-electron chi connectivity index (χ2n) is 5.81. The Morgan fingerprint density at radius 1 is 1.28 bits per heavy atom. The van der Waals surface area contributed by atoms with Gasteiger partial charge in [0.05, 0.1) is 19.1 Å². The molecule has 0 spiro atoms. The number of rotatable bonds is 4. The van der Waals surface area contributed by atoms with Crippen molar-refractivity contribution >= 4 is 38.6 Å². The molecule has 7 nitrogen and oxygen atoms in total. The fourth-order valence-corrected chi connectivity index (χ4v) is 3.35. The van der Waals surface area contributed by atoms with Gasteiger partial charge in [-0.15, -0.1) is 0 Å². The lowest BCUT2D eigenvalue weighted by atomic mass is 10.2. The van der Waals surface area contributed by atoms with Gasteiger partial charge in [-0.2, -0.15) is 0 Å². The van der Waals surface area contributed by atoms with Crippen LogP contribution in [0.5, 0.6) is 5.75 Å². The number of nitrogens with zero attached hydrogens (tertiary/aromatic N) is 4. The highest BCUT2D eigenvalue weighted by Gasteiger charge is 2.21. The van der Waals surface area contributed by atoms with E-state index >= 15 is 0 Å². The van der Waals surface area contributed by atoms with Crippen LogP contribution in [0.4, 0.5) is 11.5 Å². The monoisotopic (exact) mass is 403 g/mol. The highest BCUT2D eigenvalue weighted by atomic mass is 79.9. The zero-order valence-electron chi connectivity index (χ0n) is 13.8. The maximum atomic E-state index is 5.87. The minimum Gasteiger partial charge on any atom is -0.495 e. The first-order valence-electron chi connectivity index (χ1n) is 8.18. The first-order chi connectivity index (χ1) is 12.3. The number of para-hydroxylation sites is 2. The van der Waals surface area contributed by atoms with Crippen LogP contribution < -0.4 is 10.1 Å². The van der Waals surface area contributed by atoms with Crippen molar-refractivity contribution in [2.75, 3.05) is 19.0 Å². The Labute approximate surface area is 153 Å². The first-order valence-corrected chi connectivity index (χ1v) is 8.97. The standard InChI is InChI=1S/C17H18BrN5O2/c1-24-12-7-3-2-6-11(12)20-15-14-16(22-17(18)21-15)23(10-19-14)13-8-4-5-9-25-13/h2-3,6-7,10,13H,4-5,8-9H2,1H3,(H,20,21,22). The van der Waals surface area contributed by atoms with Gasteiger partial charge in [-0.05, 0) is 47.3 Å². The van der Waals surface area contributed by atoms with E-state index in [0.717, 1.165) is 43.0 Å². The average Bonchev–Trinajstić information content (AvgIpc) is 3.07. The van der Waals surface area contributed by atoms with Crippen LogP contribution in [0.2, 0.25) is 0 Å².